The first kappa shape index (κ1) is 12.5. The number of rotatable bonds is 4. The molecule has 0 bridgehead atoms. The summed E-state index contributed by atoms with van der Waals surface area (Å²) in [7, 11) is 0. The zero-order chi connectivity index (χ0) is 12.1. The molecule has 88 valence electrons. The van der Waals surface area contributed by atoms with Gasteiger partial charge in [-0.25, -0.2) is 0 Å². The summed E-state index contributed by atoms with van der Waals surface area (Å²) in [5.74, 6) is 0. The lowest BCUT2D eigenvalue weighted by molar-refractivity contribution is 0.733. The maximum Gasteiger partial charge on any atom is 0.143 e. The van der Waals surface area contributed by atoms with E-state index in [-0.39, 0.29) is 0 Å². The van der Waals surface area contributed by atoms with E-state index in [4.69, 9.17) is 23.2 Å². The zero-order valence-corrected chi connectivity index (χ0v) is 11.0. The van der Waals surface area contributed by atoms with Crippen molar-refractivity contribution in [1.82, 2.24) is 0 Å². The highest BCUT2D eigenvalue weighted by Gasteiger charge is 2.25. The normalized spacial score (nSPS) is 11.4. The third-order valence-corrected chi connectivity index (χ3v) is 3.58. The molecule has 0 amide bonds. The Morgan fingerprint density at radius 2 is 1.29 bits per heavy atom. The van der Waals surface area contributed by atoms with Crippen molar-refractivity contribution < 1.29 is 0 Å². The highest BCUT2D eigenvalue weighted by molar-refractivity contribution is 6.48. The van der Waals surface area contributed by atoms with E-state index in [1.807, 2.05) is 48.5 Å². The predicted molar refractivity (Wildman–Crippen MR) is 74.6 cm³/mol. The number of benzene rings is 2. The average Bonchev–Trinajstić information content (AvgIpc) is 2.39. The van der Waals surface area contributed by atoms with Crippen molar-refractivity contribution in [3.63, 3.8) is 0 Å². The quantitative estimate of drug-likeness (QED) is 0.686. The van der Waals surface area contributed by atoms with Gasteiger partial charge < -0.3 is 0 Å². The van der Waals surface area contributed by atoms with E-state index in [0.717, 1.165) is 12.0 Å². The zero-order valence-electron chi connectivity index (χ0n) is 9.44. The monoisotopic (exact) mass is 264 g/mol. The maximum atomic E-state index is 6.38. The van der Waals surface area contributed by atoms with Gasteiger partial charge in [-0.1, -0.05) is 83.9 Å². The molecule has 2 rings (SSSR count). The SMILES string of the molecule is ClC(Cl)(CCc1ccccc1)c1ccccc1. The number of halogens is 2. The van der Waals surface area contributed by atoms with Gasteiger partial charge in [-0.15, -0.1) is 0 Å². The van der Waals surface area contributed by atoms with Crippen LogP contribution in [0.4, 0.5) is 0 Å². The van der Waals surface area contributed by atoms with Crippen molar-refractivity contribution in [2.24, 2.45) is 0 Å². The Hall–Kier alpha value is -0.980. The summed E-state index contributed by atoms with van der Waals surface area (Å²) in [5.41, 5.74) is 2.22. The molecule has 0 atom stereocenters. The summed E-state index contributed by atoms with van der Waals surface area (Å²) in [6, 6.07) is 20.1. The summed E-state index contributed by atoms with van der Waals surface area (Å²) in [6.45, 7) is 0. The lowest BCUT2D eigenvalue weighted by Gasteiger charge is -2.19. The van der Waals surface area contributed by atoms with E-state index in [2.05, 4.69) is 12.1 Å². The summed E-state index contributed by atoms with van der Waals surface area (Å²) in [4.78, 5) is 0. The molecule has 2 heteroatoms. The van der Waals surface area contributed by atoms with Gasteiger partial charge in [0, 0.05) is 0 Å². The van der Waals surface area contributed by atoms with Crippen molar-refractivity contribution in [2.45, 2.75) is 17.2 Å². The van der Waals surface area contributed by atoms with Crippen LogP contribution in [0, 0.1) is 0 Å². The Bertz CT molecular complexity index is 449. The van der Waals surface area contributed by atoms with Crippen LogP contribution in [0.3, 0.4) is 0 Å². The molecule has 0 spiro atoms. The van der Waals surface area contributed by atoms with E-state index in [0.29, 0.717) is 6.42 Å². The molecule has 0 aromatic heterocycles. The first-order chi connectivity index (χ1) is 8.18. The summed E-state index contributed by atoms with van der Waals surface area (Å²) in [5, 5.41) is 0. The molecule has 2 aromatic rings. The van der Waals surface area contributed by atoms with Gasteiger partial charge in [0.2, 0.25) is 0 Å². The van der Waals surface area contributed by atoms with Gasteiger partial charge in [0.05, 0.1) is 0 Å². The van der Waals surface area contributed by atoms with Crippen LogP contribution >= 0.6 is 23.2 Å². The van der Waals surface area contributed by atoms with Crippen LogP contribution < -0.4 is 0 Å². The second-order valence-electron chi connectivity index (χ2n) is 4.06. The third kappa shape index (κ3) is 3.49. The first-order valence-electron chi connectivity index (χ1n) is 5.66. The Kier molecular flexibility index (Phi) is 4.09. The molecular formula is C15H14Cl2. The molecule has 0 unspecified atom stereocenters. The molecule has 0 radical (unpaired) electrons. The van der Waals surface area contributed by atoms with Gasteiger partial charge >= 0.3 is 0 Å². The smallest absolute Gasteiger partial charge is 0.0963 e. The Morgan fingerprint density at radius 1 is 0.765 bits per heavy atom. The molecule has 0 nitrogen and oxygen atoms in total. The van der Waals surface area contributed by atoms with E-state index < -0.39 is 4.33 Å². The van der Waals surface area contributed by atoms with E-state index in [9.17, 15) is 0 Å². The number of hydrogen-bond donors (Lipinski definition) is 0. The lowest BCUT2D eigenvalue weighted by Crippen LogP contribution is -2.11. The Labute approximate surface area is 112 Å². The fraction of sp³-hybridized carbons (Fsp3) is 0.200. The van der Waals surface area contributed by atoms with Crippen LogP contribution in [0.2, 0.25) is 0 Å². The molecule has 0 heterocycles. The van der Waals surface area contributed by atoms with Gasteiger partial charge in [0.1, 0.15) is 4.33 Å². The van der Waals surface area contributed by atoms with Crippen LogP contribution in [0.25, 0.3) is 0 Å². The summed E-state index contributed by atoms with van der Waals surface area (Å²) >= 11 is 12.8. The van der Waals surface area contributed by atoms with E-state index >= 15 is 0 Å². The van der Waals surface area contributed by atoms with Gasteiger partial charge in [-0.2, -0.15) is 0 Å². The van der Waals surface area contributed by atoms with Crippen LogP contribution in [0.5, 0.6) is 0 Å². The Morgan fingerprint density at radius 3 is 1.88 bits per heavy atom. The van der Waals surface area contributed by atoms with Gasteiger partial charge in [0.15, 0.2) is 0 Å². The molecular weight excluding hydrogens is 251 g/mol. The number of alkyl halides is 2. The van der Waals surface area contributed by atoms with Crippen molar-refractivity contribution in [3.8, 4) is 0 Å². The Balaban J connectivity index is 2.03. The minimum Gasteiger partial charge on any atom is -0.0963 e. The average molecular weight is 265 g/mol. The second-order valence-corrected chi connectivity index (χ2v) is 5.54. The van der Waals surface area contributed by atoms with Crippen LogP contribution in [0.1, 0.15) is 17.5 Å². The summed E-state index contributed by atoms with van der Waals surface area (Å²) in [6.07, 6.45) is 1.59. The molecule has 0 aliphatic rings. The molecule has 0 N–H and O–H groups in total. The van der Waals surface area contributed by atoms with Crippen LogP contribution in [0.15, 0.2) is 60.7 Å². The standard InChI is InChI=1S/C15H14Cl2/c16-15(17,14-9-5-2-6-10-14)12-11-13-7-3-1-4-8-13/h1-10H,11-12H2. The van der Waals surface area contributed by atoms with Gasteiger partial charge in [-0.05, 0) is 24.0 Å². The van der Waals surface area contributed by atoms with Gasteiger partial charge in [0.25, 0.3) is 0 Å². The molecule has 0 saturated carbocycles. The fourth-order valence-corrected chi connectivity index (χ4v) is 2.21. The van der Waals surface area contributed by atoms with Crippen molar-refractivity contribution in [1.29, 1.82) is 0 Å². The highest BCUT2D eigenvalue weighted by atomic mass is 35.5. The van der Waals surface area contributed by atoms with Crippen LogP contribution in [-0.2, 0) is 10.8 Å². The van der Waals surface area contributed by atoms with Crippen molar-refractivity contribution in [3.05, 3.63) is 71.8 Å². The van der Waals surface area contributed by atoms with Crippen molar-refractivity contribution >= 4 is 23.2 Å². The van der Waals surface area contributed by atoms with Crippen LogP contribution in [-0.4, -0.2) is 0 Å². The molecule has 0 saturated heterocycles. The largest absolute Gasteiger partial charge is 0.143 e. The van der Waals surface area contributed by atoms with Crippen molar-refractivity contribution in [2.75, 3.05) is 0 Å². The molecule has 0 aliphatic carbocycles. The number of aryl methyl sites for hydroxylation is 1. The minimum atomic E-state index is -0.808. The predicted octanol–water partition coefficient (Wildman–Crippen LogP) is 4.95. The topological polar surface area (TPSA) is 0 Å². The summed E-state index contributed by atoms with van der Waals surface area (Å²) < 4.78 is -0.808. The highest BCUT2D eigenvalue weighted by Crippen LogP contribution is 2.38. The fourth-order valence-electron chi connectivity index (χ4n) is 1.77. The van der Waals surface area contributed by atoms with Gasteiger partial charge in [-0.3, -0.25) is 0 Å². The van der Waals surface area contributed by atoms with E-state index in [1.165, 1.54) is 5.56 Å². The lowest BCUT2D eigenvalue weighted by atomic mass is 10.0. The molecule has 2 aromatic carbocycles. The molecule has 0 aliphatic heterocycles. The molecule has 17 heavy (non-hydrogen) atoms. The second kappa shape index (κ2) is 5.57. The molecule has 0 fully saturated rings. The minimum absolute atomic E-state index is 0.712. The van der Waals surface area contributed by atoms with E-state index in [1.54, 1.807) is 0 Å². The number of hydrogen-bond acceptors (Lipinski definition) is 0. The first-order valence-corrected chi connectivity index (χ1v) is 6.41. The maximum absolute atomic E-state index is 6.38. The third-order valence-electron chi connectivity index (χ3n) is 2.77.